The summed E-state index contributed by atoms with van der Waals surface area (Å²) in [5.74, 6) is 0.771. The van der Waals surface area contributed by atoms with E-state index in [1.807, 2.05) is 12.0 Å². The number of carbonyl (C=O) groups is 1. The first-order chi connectivity index (χ1) is 11.5. The second-order valence-corrected chi connectivity index (χ2v) is 11.8. The number of amides is 1. The van der Waals surface area contributed by atoms with Crippen LogP contribution in [0, 0.1) is 5.92 Å². The standard InChI is InChI=1S/C18H34NO4.In.2H/c1-5-8-16(21-2)17(22-3)10-7-6-9-15-11-13-19(14-12-15)18(20)23-4;;;/h6,15-17H,5,7-14H2,1-4H3;;;. The molecule has 0 radical (unpaired) electrons. The summed E-state index contributed by atoms with van der Waals surface area (Å²) < 4.78 is 17.0. The van der Waals surface area contributed by atoms with Crippen LogP contribution in [0.5, 0.6) is 0 Å². The van der Waals surface area contributed by atoms with E-state index >= 15 is 0 Å². The number of hydrogen-bond acceptors (Lipinski definition) is 4. The fourth-order valence-corrected chi connectivity index (χ4v) is 6.67. The molecule has 5 nitrogen and oxygen atoms in total. The van der Waals surface area contributed by atoms with Crippen molar-refractivity contribution >= 4 is 30.5 Å². The maximum atomic E-state index is 11.5. The summed E-state index contributed by atoms with van der Waals surface area (Å²) in [4.78, 5) is 13.4. The van der Waals surface area contributed by atoms with Crippen LogP contribution < -0.4 is 0 Å². The van der Waals surface area contributed by atoms with Crippen LogP contribution in [-0.2, 0) is 14.2 Å². The molecule has 1 fully saturated rings. The summed E-state index contributed by atoms with van der Waals surface area (Å²) in [6.45, 7) is 3.89. The van der Waals surface area contributed by atoms with E-state index in [1.54, 1.807) is 7.11 Å². The molecule has 0 N–H and O–H groups in total. The summed E-state index contributed by atoms with van der Waals surface area (Å²) in [7, 11) is 5.07. The Balaban J connectivity index is 2.30. The maximum absolute atomic E-state index is 11.5. The van der Waals surface area contributed by atoms with Crippen molar-refractivity contribution in [3.63, 3.8) is 0 Å². The Kier molecular flexibility index (Phi) is 11.4. The van der Waals surface area contributed by atoms with Gasteiger partial charge in [0.15, 0.2) is 0 Å². The first kappa shape index (κ1) is 22.1. The Bertz CT molecular complexity index is 348. The molecule has 140 valence electrons. The molecule has 0 aromatic carbocycles. The van der Waals surface area contributed by atoms with Crippen molar-refractivity contribution in [3.8, 4) is 0 Å². The Morgan fingerprint density at radius 1 is 1.08 bits per heavy atom. The zero-order valence-electron chi connectivity index (χ0n) is 16.3. The summed E-state index contributed by atoms with van der Waals surface area (Å²) in [5.41, 5.74) is 0. The fraction of sp³-hybridized carbons (Fsp3) is 0.944. The molecule has 1 aliphatic heterocycles. The number of likely N-dealkylation sites (tertiary alicyclic amines) is 1. The monoisotopic (exact) mass is 445 g/mol. The van der Waals surface area contributed by atoms with E-state index < -0.39 is 0 Å². The number of methoxy groups -OCH3 is 3. The van der Waals surface area contributed by atoms with Gasteiger partial charge in [0, 0.05) is 0 Å². The van der Waals surface area contributed by atoms with Crippen molar-refractivity contribution in [1.82, 2.24) is 4.90 Å². The molecule has 0 aliphatic carbocycles. The minimum atomic E-state index is -0.176. The first-order valence-corrected chi connectivity index (χ1v) is 12.7. The minimum absolute atomic E-state index is 0.176. The van der Waals surface area contributed by atoms with Gasteiger partial charge in [0.2, 0.25) is 0 Å². The summed E-state index contributed by atoms with van der Waals surface area (Å²) in [6, 6.07) is 0. The molecule has 1 saturated heterocycles. The molecule has 6 heteroatoms. The fourth-order valence-electron chi connectivity index (χ4n) is 3.81. The molecule has 0 aromatic rings. The average Bonchev–Trinajstić information content (AvgIpc) is 2.61. The molecule has 3 unspecified atom stereocenters. The second kappa shape index (κ2) is 12.4. The first-order valence-electron chi connectivity index (χ1n) is 9.44. The third kappa shape index (κ3) is 7.52. The van der Waals surface area contributed by atoms with E-state index in [4.69, 9.17) is 14.2 Å². The third-order valence-corrected chi connectivity index (χ3v) is 8.31. The van der Waals surface area contributed by atoms with Gasteiger partial charge in [-0.15, -0.1) is 0 Å². The molecule has 1 rings (SSSR count). The SMILES string of the molecule is CCCC(OC)C(CC[CH]([InH2])CC1CCN(C(=O)OC)CC1)OC. The second-order valence-electron chi connectivity index (χ2n) is 7.16. The zero-order valence-corrected chi connectivity index (χ0v) is 22.0. The van der Waals surface area contributed by atoms with Gasteiger partial charge in [0.1, 0.15) is 0 Å². The predicted octanol–water partition coefficient (Wildman–Crippen LogP) is 2.89. The van der Waals surface area contributed by atoms with Crippen molar-refractivity contribution in [1.29, 1.82) is 0 Å². The van der Waals surface area contributed by atoms with Gasteiger partial charge in [-0.1, -0.05) is 0 Å². The van der Waals surface area contributed by atoms with Gasteiger partial charge in [-0.05, 0) is 0 Å². The van der Waals surface area contributed by atoms with Crippen LogP contribution in [0.3, 0.4) is 0 Å². The topological polar surface area (TPSA) is 48.0 Å². The Morgan fingerprint density at radius 3 is 2.17 bits per heavy atom. The zero-order chi connectivity index (χ0) is 17.9. The van der Waals surface area contributed by atoms with E-state index in [-0.39, 0.29) is 18.3 Å². The van der Waals surface area contributed by atoms with Gasteiger partial charge in [0.25, 0.3) is 0 Å². The van der Waals surface area contributed by atoms with Gasteiger partial charge >= 0.3 is 162 Å². The van der Waals surface area contributed by atoms with Crippen LogP contribution in [0.15, 0.2) is 0 Å². The molecule has 24 heavy (non-hydrogen) atoms. The van der Waals surface area contributed by atoms with Crippen molar-refractivity contribution in [2.45, 2.75) is 67.8 Å². The summed E-state index contributed by atoms with van der Waals surface area (Å²) in [6.07, 6.45) is 8.41. The molecule has 0 spiro atoms. The van der Waals surface area contributed by atoms with Gasteiger partial charge in [-0.2, -0.15) is 0 Å². The molecular formula is C18H36InNO4. The number of nitrogens with zero attached hydrogens (tertiary/aromatic N) is 1. The van der Waals surface area contributed by atoms with Gasteiger partial charge in [-0.3, -0.25) is 0 Å². The number of carbonyl (C=O) groups excluding carboxylic acids is 1. The number of hydrogen-bond donors (Lipinski definition) is 0. The molecule has 1 aliphatic rings. The van der Waals surface area contributed by atoms with Gasteiger partial charge in [-0.25, -0.2) is 0 Å². The molecular weight excluding hydrogens is 409 g/mol. The average molecular weight is 445 g/mol. The molecule has 1 heterocycles. The molecule has 3 atom stereocenters. The van der Waals surface area contributed by atoms with Crippen LogP contribution in [0.1, 0.15) is 51.9 Å². The van der Waals surface area contributed by atoms with E-state index in [1.165, 1.54) is 20.0 Å². The van der Waals surface area contributed by atoms with Gasteiger partial charge in [0.05, 0.1) is 0 Å². The van der Waals surface area contributed by atoms with E-state index in [2.05, 4.69) is 6.92 Å². The Labute approximate surface area is 162 Å². The van der Waals surface area contributed by atoms with Crippen LogP contribution >= 0.6 is 0 Å². The van der Waals surface area contributed by atoms with Crippen molar-refractivity contribution in [2.24, 2.45) is 5.92 Å². The summed E-state index contributed by atoms with van der Waals surface area (Å²) in [5, 5.41) is 0. The molecule has 1 amide bonds. The number of piperidine rings is 1. The van der Waals surface area contributed by atoms with E-state index in [9.17, 15) is 4.79 Å². The summed E-state index contributed by atoms with van der Waals surface area (Å²) >= 11 is 0.651. The van der Waals surface area contributed by atoms with Crippen molar-refractivity contribution in [3.05, 3.63) is 0 Å². The quantitative estimate of drug-likeness (QED) is 0.519. The van der Waals surface area contributed by atoms with Crippen molar-refractivity contribution < 1.29 is 19.0 Å². The predicted molar refractivity (Wildman–Crippen MR) is 99.3 cm³/mol. The van der Waals surface area contributed by atoms with Crippen LogP contribution in [0.2, 0.25) is 3.67 Å². The Hall–Kier alpha value is 0.0601. The molecule has 0 aromatic heterocycles. The number of ether oxygens (including phenoxy) is 3. The van der Waals surface area contributed by atoms with Crippen LogP contribution in [-0.4, -0.2) is 82.0 Å². The van der Waals surface area contributed by atoms with E-state index in [0.717, 1.165) is 54.8 Å². The molecule has 0 bridgehead atoms. The van der Waals surface area contributed by atoms with Crippen LogP contribution in [0.4, 0.5) is 4.79 Å². The Morgan fingerprint density at radius 2 is 1.67 bits per heavy atom. The molecule has 0 saturated carbocycles. The van der Waals surface area contributed by atoms with Gasteiger partial charge < -0.3 is 0 Å². The van der Waals surface area contributed by atoms with E-state index in [0.29, 0.717) is 24.4 Å². The normalized spacial score (nSPS) is 19.8. The van der Waals surface area contributed by atoms with Crippen molar-refractivity contribution in [2.75, 3.05) is 34.4 Å². The number of rotatable bonds is 10. The third-order valence-electron chi connectivity index (χ3n) is 5.32. The van der Waals surface area contributed by atoms with Crippen LogP contribution in [0.25, 0.3) is 0 Å².